The smallest absolute Gasteiger partial charge is 0.291 e. The number of nitrogens with two attached hydrogens (primary N) is 2. The number of carbonyl (C=O) groups excluding carboxylic acids is 1. The number of thiocarbonyl (C=S) groups is 1. The number of methoxy groups -OCH3 is 2. The van der Waals surface area contributed by atoms with E-state index in [-0.39, 0.29) is 50.3 Å². The monoisotopic (exact) mass is 883 g/mol. The van der Waals surface area contributed by atoms with Crippen LogP contribution in [-0.2, 0) is 28.9 Å². The summed E-state index contributed by atoms with van der Waals surface area (Å²) >= 11 is 4.41. The minimum atomic E-state index is -1.69. The van der Waals surface area contributed by atoms with E-state index in [9.17, 15) is 14.4 Å². The second-order valence-electron chi connectivity index (χ2n) is 15.5. The number of hydrogen-bond donors (Lipinski definition) is 3. The molecule has 0 aliphatic carbocycles. The Bertz CT molecular complexity index is 1690. The van der Waals surface area contributed by atoms with Crippen LogP contribution in [0.25, 0.3) is 0 Å². The molecule has 0 fully saturated rings. The van der Waals surface area contributed by atoms with Gasteiger partial charge in [0.05, 0.1) is 53.1 Å². The van der Waals surface area contributed by atoms with Crippen molar-refractivity contribution < 1.29 is 37.2 Å². The molecule has 1 amide bonds. The Morgan fingerprint density at radius 3 is 1.84 bits per heavy atom. The highest BCUT2D eigenvalue weighted by atomic mass is 32.1. The number of nitriles is 1. The lowest BCUT2D eigenvalue weighted by atomic mass is 9.76. The van der Waals surface area contributed by atoms with E-state index in [0.29, 0.717) is 44.0 Å². The van der Waals surface area contributed by atoms with Crippen molar-refractivity contribution in [2.45, 2.75) is 96.4 Å². The van der Waals surface area contributed by atoms with Crippen LogP contribution >= 0.6 is 20.7 Å². The summed E-state index contributed by atoms with van der Waals surface area (Å²) < 4.78 is 54.1. The molecule has 0 aliphatic heterocycles. The Hall–Kier alpha value is -3.61. The van der Waals surface area contributed by atoms with Crippen molar-refractivity contribution in [1.82, 2.24) is 9.99 Å². The van der Waals surface area contributed by atoms with Gasteiger partial charge in [0.25, 0.3) is 19.6 Å². The van der Waals surface area contributed by atoms with Gasteiger partial charge < -0.3 is 44.8 Å². The van der Waals surface area contributed by atoms with Gasteiger partial charge in [-0.25, -0.2) is 4.67 Å². The third-order valence-electron chi connectivity index (χ3n) is 10.4. The first-order valence-electron chi connectivity index (χ1n) is 21.1. The molecule has 3 rings (SSSR count). The summed E-state index contributed by atoms with van der Waals surface area (Å²) in [5.74, 6) is 0.527. The van der Waals surface area contributed by atoms with E-state index in [1.165, 1.54) is 0 Å². The first kappa shape index (κ1) is 51.7. The van der Waals surface area contributed by atoms with E-state index in [2.05, 4.69) is 56.0 Å². The fourth-order valence-electron chi connectivity index (χ4n) is 7.51. The topological polar surface area (TPSA) is 164 Å². The highest BCUT2D eigenvalue weighted by Gasteiger charge is 2.40. The number of halogens is 1. The number of benzene rings is 3. The van der Waals surface area contributed by atoms with Crippen molar-refractivity contribution >= 4 is 31.8 Å². The van der Waals surface area contributed by atoms with Crippen molar-refractivity contribution in [1.29, 1.82) is 5.26 Å². The van der Waals surface area contributed by atoms with Crippen molar-refractivity contribution in [3.8, 4) is 17.6 Å². The number of amides is 1. The maximum atomic E-state index is 13.3. The fourth-order valence-corrected chi connectivity index (χ4v) is 9.26. The molecular weight excluding hydrogens is 817 g/mol. The zero-order chi connectivity index (χ0) is 44.7. The van der Waals surface area contributed by atoms with Gasteiger partial charge in [-0.1, -0.05) is 54.6 Å². The van der Waals surface area contributed by atoms with Crippen molar-refractivity contribution in [2.24, 2.45) is 16.9 Å². The van der Waals surface area contributed by atoms with Crippen molar-refractivity contribution in [3.63, 3.8) is 0 Å². The standard InChI is InChI=1S/C46H67FN5O7PS/c1-35(2)52(36(3)4)60(58-31-13-29-50)59-42(32-56-34-45(24-10-27-48,25-11-28-49)26-12-30-51-44(53)43(47)61)33-57-46(37-14-8-7-9-15-37,38-16-20-40(54-5)21-17-38)39-18-22-41(55-6)23-19-39/h7-9,14-23,35-36,42H,10-13,24-28,30-34,48-49H2,1-6H3,(H,51,53). The molecule has 12 nitrogen and oxygen atoms in total. The first-order valence-corrected chi connectivity index (χ1v) is 22.6. The summed E-state index contributed by atoms with van der Waals surface area (Å²) in [5, 5.41) is 10.8. The predicted octanol–water partition coefficient (Wildman–Crippen LogP) is 8.35. The molecule has 0 radical (unpaired) electrons. The molecule has 0 saturated carbocycles. The van der Waals surface area contributed by atoms with Crippen LogP contribution < -0.4 is 26.3 Å². The number of ether oxygens (including phenoxy) is 4. The van der Waals surface area contributed by atoms with Crippen molar-refractivity contribution in [3.05, 3.63) is 95.6 Å². The summed E-state index contributed by atoms with van der Waals surface area (Å²) in [7, 11) is 1.58. The Balaban J connectivity index is 2.13. The molecule has 0 saturated heterocycles. The van der Waals surface area contributed by atoms with E-state index < -0.39 is 31.3 Å². The highest BCUT2D eigenvalue weighted by Crippen LogP contribution is 2.48. The molecule has 15 heteroatoms. The Morgan fingerprint density at radius 2 is 1.36 bits per heavy atom. The summed E-state index contributed by atoms with van der Waals surface area (Å²) in [6, 6.07) is 28.0. The molecule has 0 aromatic heterocycles. The van der Waals surface area contributed by atoms with Crippen LogP contribution in [0.15, 0.2) is 78.9 Å². The van der Waals surface area contributed by atoms with E-state index in [1.54, 1.807) is 14.2 Å². The second-order valence-corrected chi connectivity index (χ2v) is 17.3. The first-order chi connectivity index (χ1) is 29.4. The van der Waals surface area contributed by atoms with E-state index in [0.717, 1.165) is 42.4 Å². The Labute approximate surface area is 369 Å². The lowest BCUT2D eigenvalue weighted by molar-refractivity contribution is -0.115. The maximum Gasteiger partial charge on any atom is 0.291 e. The molecule has 2 atom stereocenters. The molecule has 2 unspecified atom stereocenters. The number of carbonyl (C=O) groups is 1. The average molecular weight is 884 g/mol. The van der Waals surface area contributed by atoms with Crippen LogP contribution in [-0.4, -0.2) is 94.2 Å². The maximum absolute atomic E-state index is 13.3. The second kappa shape index (κ2) is 27.4. The van der Waals surface area contributed by atoms with Gasteiger partial charge in [-0.3, -0.25) is 4.79 Å². The van der Waals surface area contributed by atoms with Crippen LogP contribution in [0.1, 0.15) is 89.3 Å². The van der Waals surface area contributed by atoms with Gasteiger partial charge in [0.2, 0.25) is 0 Å². The molecule has 5 N–H and O–H groups in total. The van der Waals surface area contributed by atoms with Gasteiger partial charge >= 0.3 is 0 Å². The SMILES string of the molecule is COc1ccc(C(OCC(COCC(CCCN)(CCCN)CCCNC(=O)C(F)=S)OP(OCCC#N)N(C(C)C)C(C)C)(c2ccccc2)c2ccc(OC)cc2)cc1. The van der Waals surface area contributed by atoms with Gasteiger partial charge in [-0.05, 0) is 138 Å². The molecule has 336 valence electrons. The van der Waals surface area contributed by atoms with E-state index in [1.807, 2.05) is 78.9 Å². The molecule has 0 spiro atoms. The van der Waals surface area contributed by atoms with Gasteiger partial charge in [0.1, 0.15) is 23.2 Å². The average Bonchev–Trinajstić information content (AvgIpc) is 3.26. The summed E-state index contributed by atoms with van der Waals surface area (Å²) in [6.07, 6.45) is 3.87. The molecule has 3 aromatic rings. The van der Waals surface area contributed by atoms with E-state index in [4.69, 9.17) is 39.5 Å². The summed E-state index contributed by atoms with van der Waals surface area (Å²) in [4.78, 5) is 11.9. The van der Waals surface area contributed by atoms with Gasteiger partial charge in [0.15, 0.2) is 0 Å². The van der Waals surface area contributed by atoms with Gasteiger partial charge in [0, 0.05) is 18.6 Å². The molecule has 0 heterocycles. The van der Waals surface area contributed by atoms with E-state index >= 15 is 0 Å². The minimum Gasteiger partial charge on any atom is -0.497 e. The number of hydrogen-bond acceptors (Lipinski definition) is 12. The largest absolute Gasteiger partial charge is 0.497 e. The lowest BCUT2D eigenvalue weighted by Gasteiger charge is -2.40. The molecule has 61 heavy (non-hydrogen) atoms. The third kappa shape index (κ3) is 15.9. The zero-order valence-electron chi connectivity index (χ0n) is 36.8. The normalized spacial score (nSPS) is 13.0. The number of nitrogens with zero attached hydrogens (tertiary/aromatic N) is 2. The zero-order valence-corrected chi connectivity index (χ0v) is 38.5. The predicted molar refractivity (Wildman–Crippen MR) is 244 cm³/mol. The number of nitrogens with one attached hydrogen (secondary N) is 1. The third-order valence-corrected chi connectivity index (χ3v) is 12.8. The highest BCUT2D eigenvalue weighted by molar-refractivity contribution is 7.81. The van der Waals surface area contributed by atoms with Gasteiger partial charge in [-0.2, -0.15) is 9.65 Å². The Kier molecular flexibility index (Phi) is 23.3. The molecule has 0 aliphatic rings. The summed E-state index contributed by atoms with van der Waals surface area (Å²) in [5.41, 5.74) is 13.3. The fraction of sp³-hybridized carbons (Fsp3) is 0.543. The van der Waals surface area contributed by atoms with Crippen LogP contribution in [0, 0.1) is 16.7 Å². The van der Waals surface area contributed by atoms with Crippen LogP contribution in [0.5, 0.6) is 11.5 Å². The number of rotatable bonds is 31. The summed E-state index contributed by atoms with van der Waals surface area (Å²) in [6.45, 7) is 10.4. The minimum absolute atomic E-state index is 0.0603. The lowest BCUT2D eigenvalue weighted by Crippen LogP contribution is -2.40. The van der Waals surface area contributed by atoms with Gasteiger partial charge in [-0.15, -0.1) is 0 Å². The molecule has 0 bridgehead atoms. The van der Waals surface area contributed by atoms with Crippen LogP contribution in [0.2, 0.25) is 0 Å². The Morgan fingerprint density at radius 1 is 0.836 bits per heavy atom. The van der Waals surface area contributed by atoms with Crippen molar-refractivity contribution in [2.75, 3.05) is 60.3 Å². The van der Waals surface area contributed by atoms with Crippen LogP contribution in [0.3, 0.4) is 0 Å². The molecule has 3 aromatic carbocycles. The quantitative estimate of drug-likeness (QED) is 0.0186. The van der Waals surface area contributed by atoms with Crippen LogP contribution in [0.4, 0.5) is 4.39 Å². The molecular formula is C46H67FN5O7PS.